The highest BCUT2D eigenvalue weighted by molar-refractivity contribution is 5.91. The number of aryl methyl sites for hydroxylation is 3. The predicted octanol–water partition coefficient (Wildman–Crippen LogP) is 3.04. The number of likely N-dealkylation sites (N-methyl/N-ethyl adjacent to an activating group) is 1. The van der Waals surface area contributed by atoms with Crippen LogP contribution in [0.4, 0.5) is 11.4 Å². The molecule has 1 fully saturated rings. The lowest BCUT2D eigenvalue weighted by Gasteiger charge is -2.35. The molecule has 2 heterocycles. The Morgan fingerprint density at radius 3 is 2.64 bits per heavy atom. The van der Waals surface area contributed by atoms with Gasteiger partial charge in [0.05, 0.1) is 0 Å². The molecular formula is C21H31N5O2. The lowest BCUT2D eigenvalue weighted by atomic mass is 10.1. The average molecular weight is 386 g/mol. The summed E-state index contributed by atoms with van der Waals surface area (Å²) in [5, 5.41) is 6.92. The van der Waals surface area contributed by atoms with Gasteiger partial charge >= 0.3 is 0 Å². The summed E-state index contributed by atoms with van der Waals surface area (Å²) in [5.41, 5.74) is 3.16. The van der Waals surface area contributed by atoms with E-state index in [9.17, 15) is 4.79 Å². The van der Waals surface area contributed by atoms with Crippen LogP contribution in [0.2, 0.25) is 0 Å². The molecule has 1 saturated heterocycles. The highest BCUT2D eigenvalue weighted by Crippen LogP contribution is 2.24. The molecule has 7 heteroatoms. The second-order valence-corrected chi connectivity index (χ2v) is 7.32. The second-order valence-electron chi connectivity index (χ2n) is 7.32. The first-order chi connectivity index (χ1) is 13.6. The van der Waals surface area contributed by atoms with Crippen molar-refractivity contribution in [1.82, 2.24) is 15.0 Å². The molecule has 1 amide bonds. The smallest absolute Gasteiger partial charge is 0.227 e. The summed E-state index contributed by atoms with van der Waals surface area (Å²) in [4.78, 5) is 21.5. The molecule has 152 valence electrons. The van der Waals surface area contributed by atoms with E-state index in [1.807, 2.05) is 13.0 Å². The van der Waals surface area contributed by atoms with Crippen LogP contribution in [0, 0.1) is 6.92 Å². The van der Waals surface area contributed by atoms with Gasteiger partial charge in [-0.1, -0.05) is 19.0 Å². The van der Waals surface area contributed by atoms with Crippen LogP contribution < -0.4 is 10.2 Å². The number of amides is 1. The third-order valence-corrected chi connectivity index (χ3v) is 5.22. The Morgan fingerprint density at radius 1 is 1.18 bits per heavy atom. The highest BCUT2D eigenvalue weighted by Gasteiger charge is 2.17. The van der Waals surface area contributed by atoms with E-state index in [1.54, 1.807) is 0 Å². The maximum Gasteiger partial charge on any atom is 0.227 e. The molecule has 0 unspecified atom stereocenters. The van der Waals surface area contributed by atoms with Gasteiger partial charge in [-0.15, -0.1) is 0 Å². The van der Waals surface area contributed by atoms with Crippen molar-refractivity contribution in [2.24, 2.45) is 0 Å². The van der Waals surface area contributed by atoms with Crippen LogP contribution in [-0.4, -0.2) is 53.7 Å². The topological polar surface area (TPSA) is 74.5 Å². The van der Waals surface area contributed by atoms with Crippen molar-refractivity contribution < 1.29 is 9.32 Å². The molecule has 0 spiro atoms. The molecule has 7 nitrogen and oxygen atoms in total. The molecule has 0 radical (unpaired) electrons. The van der Waals surface area contributed by atoms with Crippen molar-refractivity contribution in [3.63, 3.8) is 0 Å². The maximum atomic E-state index is 12.3. The van der Waals surface area contributed by atoms with Gasteiger partial charge in [-0.05, 0) is 43.7 Å². The van der Waals surface area contributed by atoms with Crippen LogP contribution in [-0.2, 0) is 17.6 Å². The zero-order valence-electron chi connectivity index (χ0n) is 17.2. The molecule has 1 aromatic heterocycles. The number of hydrogen-bond donors (Lipinski definition) is 1. The number of nitrogens with one attached hydrogen (secondary N) is 1. The number of anilines is 2. The highest BCUT2D eigenvalue weighted by atomic mass is 16.5. The van der Waals surface area contributed by atoms with Gasteiger partial charge in [-0.25, -0.2) is 0 Å². The lowest BCUT2D eigenvalue weighted by Crippen LogP contribution is -2.46. The summed E-state index contributed by atoms with van der Waals surface area (Å²) in [5.74, 6) is 1.20. The molecule has 0 saturated carbocycles. The molecule has 2 aromatic rings. The third-order valence-electron chi connectivity index (χ3n) is 5.22. The Morgan fingerprint density at radius 2 is 1.96 bits per heavy atom. The number of piperazine rings is 1. The SMILES string of the molecule is CCCc1noc(CCC(=O)Nc2ccc(N3CCN(CC)CC3)cc2C)n1. The molecule has 0 bridgehead atoms. The van der Waals surface area contributed by atoms with Crippen LogP contribution in [0.3, 0.4) is 0 Å². The molecule has 3 rings (SSSR count). The van der Waals surface area contributed by atoms with Crippen molar-refractivity contribution in [2.45, 2.75) is 46.5 Å². The second kappa shape index (κ2) is 9.68. The van der Waals surface area contributed by atoms with Crippen LogP contribution in [0.25, 0.3) is 0 Å². The average Bonchev–Trinajstić information content (AvgIpc) is 3.16. The first-order valence-corrected chi connectivity index (χ1v) is 10.3. The summed E-state index contributed by atoms with van der Waals surface area (Å²) in [7, 11) is 0. The number of benzene rings is 1. The van der Waals surface area contributed by atoms with Crippen LogP contribution >= 0.6 is 0 Å². The fourth-order valence-electron chi connectivity index (χ4n) is 3.46. The molecule has 1 N–H and O–H groups in total. The summed E-state index contributed by atoms with van der Waals surface area (Å²) >= 11 is 0. The van der Waals surface area contributed by atoms with Gasteiger partial charge in [0.15, 0.2) is 5.82 Å². The largest absolute Gasteiger partial charge is 0.369 e. The van der Waals surface area contributed by atoms with Crippen molar-refractivity contribution in [1.29, 1.82) is 0 Å². The standard InChI is InChI=1S/C21H31N5O2/c1-4-6-19-23-21(28-24-19)10-9-20(27)22-18-8-7-17(15-16(18)3)26-13-11-25(5-2)12-14-26/h7-8,15H,4-6,9-14H2,1-3H3,(H,22,27). The maximum absolute atomic E-state index is 12.3. The van der Waals surface area contributed by atoms with Gasteiger partial charge in [0.2, 0.25) is 11.8 Å². The molecule has 0 atom stereocenters. The minimum Gasteiger partial charge on any atom is -0.369 e. The van der Waals surface area contributed by atoms with Crippen molar-refractivity contribution in [3.05, 3.63) is 35.5 Å². The van der Waals surface area contributed by atoms with Crippen LogP contribution in [0.1, 0.15) is 44.0 Å². The van der Waals surface area contributed by atoms with Gasteiger partial charge in [0.25, 0.3) is 0 Å². The van der Waals surface area contributed by atoms with Crippen molar-refractivity contribution in [3.8, 4) is 0 Å². The summed E-state index contributed by atoms with van der Waals surface area (Å²) in [6.45, 7) is 11.7. The fourth-order valence-corrected chi connectivity index (χ4v) is 3.46. The summed E-state index contributed by atoms with van der Waals surface area (Å²) < 4.78 is 5.19. The van der Waals surface area contributed by atoms with E-state index >= 15 is 0 Å². The Balaban J connectivity index is 1.51. The van der Waals surface area contributed by atoms with E-state index in [1.165, 1.54) is 5.69 Å². The zero-order valence-corrected chi connectivity index (χ0v) is 17.2. The molecule has 1 aliphatic heterocycles. The minimum atomic E-state index is -0.0392. The molecule has 1 aromatic carbocycles. The van der Waals surface area contributed by atoms with Crippen LogP contribution in [0.5, 0.6) is 0 Å². The Kier molecular flexibility index (Phi) is 7.03. The summed E-state index contributed by atoms with van der Waals surface area (Å²) in [6.07, 6.45) is 2.56. The van der Waals surface area contributed by atoms with Gasteiger partial charge in [-0.3, -0.25) is 4.79 Å². The van der Waals surface area contributed by atoms with Gasteiger partial charge in [-0.2, -0.15) is 4.98 Å². The zero-order chi connectivity index (χ0) is 19.9. The number of carbonyl (C=O) groups excluding carboxylic acids is 1. The Bertz CT molecular complexity index is 781. The van der Waals surface area contributed by atoms with E-state index in [-0.39, 0.29) is 5.91 Å². The molecule has 1 aliphatic rings. The van der Waals surface area contributed by atoms with E-state index in [4.69, 9.17) is 4.52 Å². The predicted molar refractivity (Wildman–Crippen MR) is 111 cm³/mol. The number of rotatable bonds is 8. The monoisotopic (exact) mass is 385 g/mol. The van der Waals surface area contributed by atoms with E-state index < -0.39 is 0 Å². The van der Waals surface area contributed by atoms with E-state index in [0.29, 0.717) is 24.6 Å². The van der Waals surface area contributed by atoms with Crippen LogP contribution in [0.15, 0.2) is 22.7 Å². The fraction of sp³-hybridized carbons (Fsp3) is 0.571. The number of carbonyl (C=O) groups is 1. The van der Waals surface area contributed by atoms with Gasteiger partial charge < -0.3 is 19.6 Å². The van der Waals surface area contributed by atoms with Crippen molar-refractivity contribution >= 4 is 17.3 Å². The molecular weight excluding hydrogens is 354 g/mol. The first-order valence-electron chi connectivity index (χ1n) is 10.3. The number of nitrogens with zero attached hydrogens (tertiary/aromatic N) is 4. The van der Waals surface area contributed by atoms with Gasteiger partial charge in [0.1, 0.15) is 0 Å². The van der Waals surface area contributed by atoms with Crippen molar-refractivity contribution in [2.75, 3.05) is 42.9 Å². The quantitative estimate of drug-likeness (QED) is 0.753. The Labute approximate surface area is 167 Å². The molecule has 28 heavy (non-hydrogen) atoms. The first kappa shape index (κ1) is 20.3. The normalized spacial score (nSPS) is 15.0. The Hall–Kier alpha value is -2.41. The minimum absolute atomic E-state index is 0.0392. The van der Waals surface area contributed by atoms with Gasteiger partial charge in [0, 0.05) is 56.8 Å². The number of aromatic nitrogens is 2. The summed E-state index contributed by atoms with van der Waals surface area (Å²) in [6, 6.07) is 6.26. The lowest BCUT2D eigenvalue weighted by molar-refractivity contribution is -0.116. The van der Waals surface area contributed by atoms with E-state index in [0.717, 1.165) is 56.8 Å². The number of hydrogen-bond acceptors (Lipinski definition) is 6. The third kappa shape index (κ3) is 5.32. The van der Waals surface area contributed by atoms with E-state index in [2.05, 4.69) is 51.2 Å². The molecule has 0 aliphatic carbocycles.